The van der Waals surface area contributed by atoms with E-state index in [4.69, 9.17) is 11.6 Å². The van der Waals surface area contributed by atoms with Crippen LogP contribution in [-0.4, -0.2) is 46.9 Å². The highest BCUT2D eigenvalue weighted by molar-refractivity contribution is 6.30. The van der Waals surface area contributed by atoms with Crippen LogP contribution in [0.4, 0.5) is 0 Å². The molecule has 0 bridgehead atoms. The Bertz CT molecular complexity index is 679. The fourth-order valence-corrected chi connectivity index (χ4v) is 2.97. The van der Waals surface area contributed by atoms with E-state index in [1.165, 1.54) is 5.56 Å². The molecule has 2 heterocycles. The minimum absolute atomic E-state index is 0.107. The zero-order valence-electron chi connectivity index (χ0n) is 13.2. The molecule has 23 heavy (non-hydrogen) atoms. The molecule has 5 heteroatoms. The van der Waals surface area contributed by atoms with E-state index in [0.717, 1.165) is 48.9 Å². The van der Waals surface area contributed by atoms with Crippen LogP contribution in [0.3, 0.4) is 0 Å². The number of rotatable bonds is 3. The Hall–Kier alpha value is -1.91. The number of halogens is 1. The molecular formula is C18H20ClN3O. The van der Waals surface area contributed by atoms with Crippen molar-refractivity contribution in [2.24, 2.45) is 0 Å². The highest BCUT2D eigenvalue weighted by Gasteiger charge is 2.23. The van der Waals surface area contributed by atoms with Gasteiger partial charge in [-0.1, -0.05) is 23.7 Å². The maximum absolute atomic E-state index is 12.6. The van der Waals surface area contributed by atoms with Crippen molar-refractivity contribution in [3.8, 4) is 0 Å². The number of hydrogen-bond donors (Lipinski definition) is 0. The van der Waals surface area contributed by atoms with Gasteiger partial charge < -0.3 is 4.90 Å². The summed E-state index contributed by atoms with van der Waals surface area (Å²) >= 11 is 5.92. The van der Waals surface area contributed by atoms with Crippen LogP contribution >= 0.6 is 11.6 Å². The molecule has 1 aromatic carbocycles. The van der Waals surface area contributed by atoms with Crippen LogP contribution in [0.1, 0.15) is 21.5 Å². The first-order valence-electron chi connectivity index (χ1n) is 7.80. The predicted molar refractivity (Wildman–Crippen MR) is 91.6 cm³/mol. The van der Waals surface area contributed by atoms with Gasteiger partial charge in [0, 0.05) is 55.7 Å². The molecule has 0 aliphatic carbocycles. The summed E-state index contributed by atoms with van der Waals surface area (Å²) in [6, 6.07) is 9.75. The van der Waals surface area contributed by atoms with Gasteiger partial charge in [0.25, 0.3) is 5.91 Å². The van der Waals surface area contributed by atoms with Crippen molar-refractivity contribution in [2.75, 3.05) is 26.2 Å². The van der Waals surface area contributed by atoms with Crippen molar-refractivity contribution in [3.05, 3.63) is 64.4 Å². The summed E-state index contributed by atoms with van der Waals surface area (Å²) < 4.78 is 0. The smallest absolute Gasteiger partial charge is 0.254 e. The molecular weight excluding hydrogens is 310 g/mol. The second-order valence-electron chi connectivity index (χ2n) is 5.89. The van der Waals surface area contributed by atoms with E-state index in [0.29, 0.717) is 0 Å². The number of piperazine rings is 1. The first-order valence-corrected chi connectivity index (χ1v) is 8.18. The van der Waals surface area contributed by atoms with Gasteiger partial charge in [0.1, 0.15) is 0 Å². The summed E-state index contributed by atoms with van der Waals surface area (Å²) in [6.07, 6.45) is 3.42. The lowest BCUT2D eigenvalue weighted by atomic mass is 10.1. The standard InChI is InChI=1S/C18H20ClN3O/c1-14-12-20-7-6-17(14)18(23)22-10-8-21(9-11-22)13-15-2-4-16(19)5-3-15/h2-7,12H,8-11,13H2,1H3. The molecule has 1 saturated heterocycles. The molecule has 0 spiro atoms. The van der Waals surface area contributed by atoms with Crippen LogP contribution in [0.5, 0.6) is 0 Å². The number of hydrogen-bond acceptors (Lipinski definition) is 3. The van der Waals surface area contributed by atoms with Crippen molar-refractivity contribution in [1.82, 2.24) is 14.8 Å². The van der Waals surface area contributed by atoms with Crippen LogP contribution in [0, 0.1) is 6.92 Å². The van der Waals surface area contributed by atoms with E-state index in [1.807, 2.05) is 24.0 Å². The van der Waals surface area contributed by atoms with Crippen LogP contribution < -0.4 is 0 Å². The van der Waals surface area contributed by atoms with Crippen molar-refractivity contribution < 1.29 is 4.79 Å². The molecule has 0 atom stereocenters. The number of carbonyl (C=O) groups is 1. The Morgan fingerprint density at radius 2 is 1.83 bits per heavy atom. The monoisotopic (exact) mass is 329 g/mol. The zero-order valence-corrected chi connectivity index (χ0v) is 14.0. The topological polar surface area (TPSA) is 36.4 Å². The summed E-state index contributed by atoms with van der Waals surface area (Å²) in [4.78, 5) is 20.9. The molecule has 1 aliphatic heterocycles. The van der Waals surface area contributed by atoms with Crippen molar-refractivity contribution in [3.63, 3.8) is 0 Å². The highest BCUT2D eigenvalue weighted by atomic mass is 35.5. The number of aromatic nitrogens is 1. The van der Waals surface area contributed by atoms with Gasteiger partial charge in [0.15, 0.2) is 0 Å². The first kappa shape index (κ1) is 16.0. The second-order valence-corrected chi connectivity index (χ2v) is 6.32. The van der Waals surface area contributed by atoms with Crippen molar-refractivity contribution in [1.29, 1.82) is 0 Å². The van der Waals surface area contributed by atoms with Crippen molar-refractivity contribution >= 4 is 17.5 Å². The number of benzene rings is 1. The summed E-state index contributed by atoms with van der Waals surface area (Å²) in [7, 11) is 0. The second kappa shape index (κ2) is 7.11. The average Bonchev–Trinajstić information content (AvgIpc) is 2.57. The van der Waals surface area contributed by atoms with Crippen molar-refractivity contribution in [2.45, 2.75) is 13.5 Å². The highest BCUT2D eigenvalue weighted by Crippen LogP contribution is 2.15. The quantitative estimate of drug-likeness (QED) is 0.868. The molecule has 120 valence electrons. The normalized spacial score (nSPS) is 15.7. The predicted octanol–water partition coefficient (Wildman–Crippen LogP) is 3.00. The van der Waals surface area contributed by atoms with Gasteiger partial charge >= 0.3 is 0 Å². The molecule has 0 radical (unpaired) electrons. The van der Waals surface area contributed by atoms with E-state index in [9.17, 15) is 4.79 Å². The Balaban J connectivity index is 1.57. The molecule has 4 nitrogen and oxygen atoms in total. The fraction of sp³-hybridized carbons (Fsp3) is 0.333. The number of amides is 1. The maximum Gasteiger partial charge on any atom is 0.254 e. The number of nitrogens with zero attached hydrogens (tertiary/aromatic N) is 3. The zero-order chi connectivity index (χ0) is 16.2. The summed E-state index contributed by atoms with van der Waals surface area (Å²) in [6.45, 7) is 6.11. The number of pyridine rings is 1. The Kier molecular flexibility index (Phi) is 4.94. The summed E-state index contributed by atoms with van der Waals surface area (Å²) in [5.41, 5.74) is 2.94. The molecule has 1 amide bonds. The van der Waals surface area contributed by atoms with Crippen LogP contribution in [0.2, 0.25) is 5.02 Å². The lowest BCUT2D eigenvalue weighted by molar-refractivity contribution is 0.0627. The van der Waals surface area contributed by atoms with Gasteiger partial charge in [-0.2, -0.15) is 0 Å². The van der Waals surface area contributed by atoms with E-state index < -0.39 is 0 Å². The van der Waals surface area contributed by atoms with E-state index >= 15 is 0 Å². The average molecular weight is 330 g/mol. The summed E-state index contributed by atoms with van der Waals surface area (Å²) in [5, 5.41) is 0.761. The molecule has 3 rings (SSSR count). The van der Waals surface area contributed by atoms with Gasteiger partial charge in [0.05, 0.1) is 0 Å². The third-order valence-corrected chi connectivity index (χ3v) is 4.48. The molecule has 0 N–H and O–H groups in total. The van der Waals surface area contributed by atoms with Gasteiger partial charge in [-0.3, -0.25) is 14.7 Å². The molecule has 0 saturated carbocycles. The van der Waals surface area contributed by atoms with E-state index in [2.05, 4.69) is 22.0 Å². The Morgan fingerprint density at radius 1 is 1.13 bits per heavy atom. The van der Waals surface area contributed by atoms with Gasteiger partial charge in [-0.15, -0.1) is 0 Å². The fourth-order valence-electron chi connectivity index (χ4n) is 2.84. The lowest BCUT2D eigenvalue weighted by Crippen LogP contribution is -2.48. The third kappa shape index (κ3) is 3.89. The van der Waals surface area contributed by atoms with Gasteiger partial charge in [0.2, 0.25) is 0 Å². The van der Waals surface area contributed by atoms with E-state index in [-0.39, 0.29) is 5.91 Å². The summed E-state index contributed by atoms with van der Waals surface area (Å²) in [5.74, 6) is 0.107. The third-order valence-electron chi connectivity index (χ3n) is 4.23. The molecule has 0 unspecified atom stereocenters. The van der Waals surface area contributed by atoms with Crippen LogP contribution in [0.25, 0.3) is 0 Å². The lowest BCUT2D eigenvalue weighted by Gasteiger charge is -2.35. The van der Waals surface area contributed by atoms with Crippen LogP contribution in [0.15, 0.2) is 42.7 Å². The molecule has 1 fully saturated rings. The molecule has 2 aromatic rings. The minimum atomic E-state index is 0.107. The van der Waals surface area contributed by atoms with Crippen LogP contribution in [-0.2, 0) is 6.54 Å². The van der Waals surface area contributed by atoms with Gasteiger partial charge in [-0.05, 0) is 36.2 Å². The Morgan fingerprint density at radius 3 is 2.48 bits per heavy atom. The van der Waals surface area contributed by atoms with Gasteiger partial charge in [-0.25, -0.2) is 0 Å². The number of carbonyl (C=O) groups excluding carboxylic acids is 1. The Labute approximate surface area is 141 Å². The number of aryl methyl sites for hydroxylation is 1. The minimum Gasteiger partial charge on any atom is -0.336 e. The first-order chi connectivity index (χ1) is 11.1. The SMILES string of the molecule is Cc1cnccc1C(=O)N1CCN(Cc2ccc(Cl)cc2)CC1. The largest absolute Gasteiger partial charge is 0.336 e. The molecule has 1 aromatic heterocycles. The molecule has 1 aliphatic rings. The van der Waals surface area contributed by atoms with E-state index in [1.54, 1.807) is 18.5 Å². The maximum atomic E-state index is 12.6.